The van der Waals surface area contributed by atoms with Crippen LogP contribution in [0.2, 0.25) is 4.55 Å². The Morgan fingerprint density at radius 3 is 2.50 bits per heavy atom. The molecule has 0 saturated carbocycles. The Hall–Kier alpha value is 1.50. The van der Waals surface area contributed by atoms with Crippen LogP contribution in [0.3, 0.4) is 0 Å². The van der Waals surface area contributed by atoms with Crippen molar-refractivity contribution in [1.82, 2.24) is 0 Å². The first kappa shape index (κ1) is 11.5. The van der Waals surface area contributed by atoms with Crippen molar-refractivity contribution in [3.63, 3.8) is 0 Å². The second kappa shape index (κ2) is 8.59. The van der Waals surface area contributed by atoms with Gasteiger partial charge in [0, 0.05) is 0 Å². The van der Waals surface area contributed by atoms with Crippen molar-refractivity contribution in [2.24, 2.45) is 5.92 Å². The van der Waals surface area contributed by atoms with Gasteiger partial charge in [0.05, 0.1) is 0 Å². The highest BCUT2D eigenvalue weighted by Gasteiger charge is 2.04. The molecule has 0 aliphatic rings. The van der Waals surface area contributed by atoms with Crippen molar-refractivity contribution < 1.29 is 0 Å². The summed E-state index contributed by atoms with van der Waals surface area (Å²) in [7, 11) is 0. The highest BCUT2D eigenvalue weighted by molar-refractivity contribution is 14.1. The van der Waals surface area contributed by atoms with Gasteiger partial charge in [-0.05, 0) is 0 Å². The molecule has 1 atom stereocenters. The molecule has 0 nitrogen and oxygen atoms in total. The fraction of sp³-hybridized carbons (Fsp3) is 1.00. The van der Waals surface area contributed by atoms with Gasteiger partial charge in [0.1, 0.15) is 0 Å². The van der Waals surface area contributed by atoms with Crippen LogP contribution in [0.25, 0.3) is 0 Å². The van der Waals surface area contributed by atoms with Crippen molar-refractivity contribution in [2.45, 2.75) is 44.1 Å². The molecule has 0 saturated heterocycles. The SMILES string of the molecule is CCCCC(CC)[CH2][Mg][I]. The lowest BCUT2D eigenvalue weighted by Gasteiger charge is -2.11. The molecule has 0 bridgehead atoms. The molecule has 0 aromatic heterocycles. The van der Waals surface area contributed by atoms with Gasteiger partial charge < -0.3 is 18.9 Å². The molecule has 10 heavy (non-hydrogen) atoms. The van der Waals surface area contributed by atoms with Gasteiger partial charge in [-0.3, -0.25) is 0 Å². The average Bonchev–Trinajstić information content (AvgIpc) is 1.98. The maximum atomic E-state index is 2.62. The van der Waals surface area contributed by atoms with Crippen LogP contribution in [0, 0.1) is 5.92 Å². The highest BCUT2D eigenvalue weighted by atomic mass is 127. The highest BCUT2D eigenvalue weighted by Crippen LogP contribution is 2.17. The van der Waals surface area contributed by atoms with Gasteiger partial charge >= 0.3 is 16.5 Å². The number of rotatable bonds is 6. The Bertz CT molecular complexity index is 66.3. The van der Waals surface area contributed by atoms with E-state index in [0.717, 1.165) is 5.92 Å². The summed E-state index contributed by atoms with van der Waals surface area (Å²) in [5, 5.41) is 0. The van der Waals surface area contributed by atoms with Gasteiger partial charge in [-0.25, -0.2) is 0 Å². The van der Waals surface area contributed by atoms with E-state index in [2.05, 4.69) is 32.7 Å². The van der Waals surface area contributed by atoms with Crippen LogP contribution in [0.5, 0.6) is 0 Å². The second-order valence-electron chi connectivity index (χ2n) is 2.89. The van der Waals surface area contributed by atoms with Crippen LogP contribution in [0.1, 0.15) is 39.5 Å². The van der Waals surface area contributed by atoms with E-state index >= 15 is 0 Å². The van der Waals surface area contributed by atoms with Crippen molar-refractivity contribution in [3.05, 3.63) is 0 Å². The van der Waals surface area contributed by atoms with Crippen LogP contribution < -0.4 is 0 Å². The molecule has 0 rings (SSSR count). The molecule has 0 heterocycles. The van der Waals surface area contributed by atoms with Crippen LogP contribution in [-0.4, -0.2) is 16.5 Å². The van der Waals surface area contributed by atoms with Gasteiger partial charge in [-0.1, -0.05) is 45.4 Å². The normalized spacial score (nSPS) is 12.7. The average molecular weight is 264 g/mol. The van der Waals surface area contributed by atoms with E-state index in [0.29, 0.717) is 16.5 Å². The summed E-state index contributed by atoms with van der Waals surface area (Å²) >= 11 is 2.91. The number of halogens is 1. The molecule has 0 aliphatic heterocycles. The summed E-state index contributed by atoms with van der Waals surface area (Å²) in [5.41, 5.74) is 0. The second-order valence-corrected chi connectivity index (χ2v) is 7.09. The summed E-state index contributed by atoms with van der Waals surface area (Å²) in [6.07, 6.45) is 5.72. The number of hydrogen-bond donors (Lipinski definition) is 0. The molecule has 0 amide bonds. The molecular formula is C8H17IMg. The standard InChI is InChI=1S/C8H17.HI.Mg/c1-4-6-7-8(3)5-2;;/h8H,3-7H2,1-2H3;1H;/q;;+1/p-1. The summed E-state index contributed by atoms with van der Waals surface area (Å²) in [4.78, 5) is 0. The molecule has 0 fully saturated rings. The fourth-order valence-corrected chi connectivity index (χ4v) is 4.85. The molecule has 0 radical (unpaired) electrons. The van der Waals surface area contributed by atoms with Gasteiger partial charge in [0.2, 0.25) is 0 Å². The molecule has 2 heteroatoms. The lowest BCUT2D eigenvalue weighted by molar-refractivity contribution is 0.491. The molecule has 0 N–H and O–H groups in total. The van der Waals surface area contributed by atoms with Crippen LogP contribution in [-0.2, 0) is 0 Å². The van der Waals surface area contributed by atoms with Crippen molar-refractivity contribution in [3.8, 4) is 0 Å². The van der Waals surface area contributed by atoms with E-state index in [4.69, 9.17) is 0 Å². The molecular weight excluding hydrogens is 247 g/mol. The minimum absolute atomic E-state index is 0.298. The molecule has 1 unspecified atom stereocenters. The van der Waals surface area contributed by atoms with Gasteiger partial charge in [-0.15, -0.1) is 4.55 Å². The van der Waals surface area contributed by atoms with Crippen LogP contribution in [0.15, 0.2) is 0 Å². The minimum atomic E-state index is 0.298. The topological polar surface area (TPSA) is 0 Å². The van der Waals surface area contributed by atoms with Gasteiger partial charge in [0.25, 0.3) is 0 Å². The zero-order chi connectivity index (χ0) is 7.82. The van der Waals surface area contributed by atoms with Crippen molar-refractivity contribution in [2.75, 3.05) is 0 Å². The summed E-state index contributed by atoms with van der Waals surface area (Å²) < 4.78 is 1.57. The Kier molecular flexibility index (Phi) is 9.88. The van der Waals surface area contributed by atoms with Crippen LogP contribution >= 0.6 is 18.9 Å². The van der Waals surface area contributed by atoms with E-state index in [1.165, 1.54) is 25.7 Å². The molecule has 0 aliphatic carbocycles. The Morgan fingerprint density at radius 1 is 1.40 bits per heavy atom. The molecule has 0 spiro atoms. The minimum Gasteiger partial charge on any atom is -0.301 e. The lowest BCUT2D eigenvalue weighted by Crippen LogP contribution is -1.99. The monoisotopic (exact) mass is 264 g/mol. The quantitative estimate of drug-likeness (QED) is 0.507. The molecule has 0 aromatic rings. The smallest absolute Gasteiger partial charge is 0.301 e. The van der Waals surface area contributed by atoms with E-state index in [9.17, 15) is 0 Å². The molecule has 58 valence electrons. The van der Waals surface area contributed by atoms with E-state index in [-0.39, 0.29) is 0 Å². The first-order valence-electron chi connectivity index (χ1n) is 4.41. The Labute approximate surface area is 84.6 Å². The van der Waals surface area contributed by atoms with Crippen LogP contribution in [0.4, 0.5) is 0 Å². The number of hydrogen-bond acceptors (Lipinski definition) is 0. The zero-order valence-corrected chi connectivity index (χ0v) is 10.8. The number of unbranched alkanes of at least 4 members (excludes halogenated alkanes) is 1. The fourth-order valence-electron chi connectivity index (χ4n) is 1.20. The first-order chi connectivity index (χ1) is 4.85. The van der Waals surface area contributed by atoms with Crippen molar-refractivity contribution in [1.29, 1.82) is 0 Å². The molecule has 0 aromatic carbocycles. The Balaban J connectivity index is 3.21. The predicted molar refractivity (Wildman–Crippen MR) is 57.9 cm³/mol. The summed E-state index contributed by atoms with van der Waals surface area (Å²) in [5.74, 6) is 1.07. The maximum Gasteiger partial charge on any atom is 0.464 e. The van der Waals surface area contributed by atoms with Gasteiger partial charge in [0.15, 0.2) is 0 Å². The van der Waals surface area contributed by atoms with E-state index in [1.54, 1.807) is 4.55 Å². The van der Waals surface area contributed by atoms with E-state index in [1.807, 2.05) is 0 Å². The largest absolute Gasteiger partial charge is 0.464 e. The Morgan fingerprint density at radius 2 is 2.10 bits per heavy atom. The van der Waals surface area contributed by atoms with Crippen molar-refractivity contribution >= 4 is 35.3 Å². The first-order valence-corrected chi connectivity index (χ1v) is 10.5. The summed E-state index contributed by atoms with van der Waals surface area (Å²) in [6.45, 7) is 4.62. The van der Waals surface area contributed by atoms with Gasteiger partial charge in [-0.2, -0.15) is 0 Å². The predicted octanol–water partition coefficient (Wildman–Crippen LogP) is 3.68. The maximum absolute atomic E-state index is 2.62. The third-order valence-electron chi connectivity index (χ3n) is 2.06. The third kappa shape index (κ3) is 6.22. The zero-order valence-electron chi connectivity index (χ0n) is 7.20. The van der Waals surface area contributed by atoms with E-state index < -0.39 is 0 Å². The lowest BCUT2D eigenvalue weighted by atomic mass is 10.0. The third-order valence-corrected chi connectivity index (χ3v) is 4.96. The summed E-state index contributed by atoms with van der Waals surface area (Å²) in [6, 6.07) is 0.